The monoisotopic (exact) mass is 591 g/mol. The third kappa shape index (κ3) is 7.48. The molecular weight excluding hydrogens is 568 g/mol. The molecule has 1 aliphatic rings. The lowest BCUT2D eigenvalue weighted by Gasteiger charge is -2.25. The molecule has 0 spiro atoms. The van der Waals surface area contributed by atoms with Crippen LogP contribution in [0.4, 0.5) is 0 Å². The van der Waals surface area contributed by atoms with Crippen LogP contribution < -0.4 is 14.9 Å². The molecule has 1 N–H and O–H groups in total. The van der Waals surface area contributed by atoms with Crippen molar-refractivity contribution in [1.29, 1.82) is 0 Å². The lowest BCUT2D eigenvalue weighted by molar-refractivity contribution is -0.123. The van der Waals surface area contributed by atoms with Gasteiger partial charge in [0.15, 0.2) is 11.5 Å². The molecule has 1 saturated heterocycles. The highest BCUT2D eigenvalue weighted by molar-refractivity contribution is 14.1. The number of morpholine rings is 1. The molecule has 0 bridgehead atoms. The van der Waals surface area contributed by atoms with Crippen LogP contribution in [0.2, 0.25) is 10.0 Å². The Balaban J connectivity index is 1.64. The zero-order valence-corrected chi connectivity index (χ0v) is 21.2. The summed E-state index contributed by atoms with van der Waals surface area (Å²) in [4.78, 5) is 14.1. The summed E-state index contributed by atoms with van der Waals surface area (Å²) < 4.78 is 17.9. The van der Waals surface area contributed by atoms with Crippen molar-refractivity contribution < 1.29 is 19.0 Å². The number of nitrogens with zero attached hydrogens (tertiary/aromatic N) is 2. The fourth-order valence-electron chi connectivity index (χ4n) is 3.03. The van der Waals surface area contributed by atoms with Crippen LogP contribution in [-0.2, 0) is 16.1 Å². The van der Waals surface area contributed by atoms with E-state index < -0.39 is 0 Å². The quantitative estimate of drug-likeness (QED) is 0.267. The van der Waals surface area contributed by atoms with Crippen molar-refractivity contribution in [3.05, 3.63) is 55.1 Å². The third-order valence-electron chi connectivity index (χ3n) is 4.59. The van der Waals surface area contributed by atoms with E-state index in [0.29, 0.717) is 47.9 Å². The number of hydrogen-bond donors (Lipinski definition) is 1. The highest BCUT2D eigenvalue weighted by Gasteiger charge is 2.15. The Labute approximate surface area is 211 Å². The van der Waals surface area contributed by atoms with Gasteiger partial charge >= 0.3 is 0 Å². The first-order chi connectivity index (χ1) is 15.5. The minimum absolute atomic E-state index is 0.164. The maximum Gasteiger partial charge on any atom is 0.254 e. The predicted molar refractivity (Wildman–Crippen MR) is 134 cm³/mol. The van der Waals surface area contributed by atoms with Gasteiger partial charge in [0.05, 0.1) is 36.2 Å². The van der Waals surface area contributed by atoms with E-state index in [1.807, 2.05) is 30.0 Å². The highest BCUT2D eigenvalue weighted by atomic mass is 127. The van der Waals surface area contributed by atoms with Crippen LogP contribution in [0.1, 0.15) is 18.1 Å². The van der Waals surface area contributed by atoms with Crippen molar-refractivity contribution in [1.82, 2.24) is 10.3 Å². The van der Waals surface area contributed by atoms with Crippen LogP contribution in [0.5, 0.6) is 11.5 Å². The number of carbonyl (C=O) groups excluding carboxylic acids is 1. The van der Waals surface area contributed by atoms with Crippen molar-refractivity contribution in [2.24, 2.45) is 5.10 Å². The molecule has 0 radical (unpaired) electrons. The molecule has 0 saturated carbocycles. The minimum Gasteiger partial charge on any atom is -0.490 e. The van der Waals surface area contributed by atoms with Gasteiger partial charge in [-0.1, -0.05) is 29.3 Å². The number of hydrazone groups is 1. The summed E-state index contributed by atoms with van der Waals surface area (Å²) >= 11 is 14.4. The SMILES string of the molecule is CCOc1cc(/C=N\NC(=O)CN2CCOCC2)cc(I)c1OCc1ccc(Cl)cc1Cl. The number of nitrogens with one attached hydrogen (secondary N) is 1. The van der Waals surface area contributed by atoms with Crippen LogP contribution in [0.15, 0.2) is 35.4 Å². The van der Waals surface area contributed by atoms with Crippen LogP contribution in [0, 0.1) is 3.57 Å². The molecule has 3 rings (SSSR count). The molecule has 0 aliphatic carbocycles. The first kappa shape index (κ1) is 25.0. The fraction of sp³-hybridized carbons (Fsp3) is 0.364. The Morgan fingerprint density at radius 3 is 2.75 bits per heavy atom. The van der Waals surface area contributed by atoms with Crippen molar-refractivity contribution in [2.45, 2.75) is 13.5 Å². The zero-order chi connectivity index (χ0) is 22.9. The Hall–Kier alpha value is -1.59. The van der Waals surface area contributed by atoms with Crippen LogP contribution in [-0.4, -0.2) is 56.5 Å². The van der Waals surface area contributed by atoms with Crippen LogP contribution >= 0.6 is 45.8 Å². The van der Waals surface area contributed by atoms with Gasteiger partial charge in [-0.05, 0) is 59.3 Å². The molecule has 172 valence electrons. The number of rotatable bonds is 9. The van der Waals surface area contributed by atoms with Gasteiger partial charge in [-0.15, -0.1) is 0 Å². The first-order valence-electron chi connectivity index (χ1n) is 10.1. The molecule has 2 aromatic rings. The molecule has 32 heavy (non-hydrogen) atoms. The average molecular weight is 592 g/mol. The molecule has 0 unspecified atom stereocenters. The van der Waals surface area contributed by atoms with Crippen molar-refractivity contribution in [3.8, 4) is 11.5 Å². The number of carbonyl (C=O) groups is 1. The minimum atomic E-state index is -0.164. The lowest BCUT2D eigenvalue weighted by atomic mass is 10.2. The van der Waals surface area contributed by atoms with Gasteiger partial charge in [0.25, 0.3) is 5.91 Å². The third-order valence-corrected chi connectivity index (χ3v) is 5.98. The van der Waals surface area contributed by atoms with E-state index in [-0.39, 0.29) is 12.5 Å². The fourth-order valence-corrected chi connectivity index (χ4v) is 4.27. The van der Waals surface area contributed by atoms with Crippen LogP contribution in [0.3, 0.4) is 0 Å². The van der Waals surface area contributed by atoms with Crippen molar-refractivity contribution in [3.63, 3.8) is 0 Å². The normalized spacial score (nSPS) is 14.5. The number of benzene rings is 2. The van der Waals surface area contributed by atoms with Crippen molar-refractivity contribution >= 4 is 57.9 Å². The van der Waals surface area contributed by atoms with E-state index in [1.54, 1.807) is 18.3 Å². The van der Waals surface area contributed by atoms with E-state index in [1.165, 1.54) is 0 Å². The van der Waals surface area contributed by atoms with E-state index in [9.17, 15) is 4.79 Å². The largest absolute Gasteiger partial charge is 0.490 e. The maximum atomic E-state index is 12.1. The van der Waals surface area contributed by atoms with Gasteiger partial charge in [0.1, 0.15) is 6.61 Å². The van der Waals surface area contributed by atoms with Gasteiger partial charge < -0.3 is 14.2 Å². The van der Waals surface area contributed by atoms with E-state index in [0.717, 1.165) is 27.8 Å². The smallest absolute Gasteiger partial charge is 0.254 e. The summed E-state index contributed by atoms with van der Waals surface area (Å²) in [5, 5.41) is 5.20. The number of ether oxygens (including phenoxy) is 3. The van der Waals surface area contributed by atoms with Gasteiger partial charge in [-0.25, -0.2) is 5.43 Å². The molecule has 0 aromatic heterocycles. The number of halogens is 3. The summed E-state index contributed by atoms with van der Waals surface area (Å²) in [6, 6.07) is 9.01. The second-order valence-electron chi connectivity index (χ2n) is 6.97. The molecular formula is C22H24Cl2IN3O4. The second-order valence-corrected chi connectivity index (χ2v) is 8.97. The van der Waals surface area contributed by atoms with Crippen molar-refractivity contribution in [2.75, 3.05) is 39.5 Å². The molecule has 1 aliphatic heterocycles. The molecule has 1 heterocycles. The summed E-state index contributed by atoms with van der Waals surface area (Å²) in [7, 11) is 0. The Morgan fingerprint density at radius 1 is 1.25 bits per heavy atom. The summed E-state index contributed by atoms with van der Waals surface area (Å²) in [5.41, 5.74) is 4.17. The Kier molecular flexibility index (Phi) is 9.86. The lowest BCUT2D eigenvalue weighted by Crippen LogP contribution is -2.42. The molecule has 0 atom stereocenters. The zero-order valence-electron chi connectivity index (χ0n) is 17.6. The Morgan fingerprint density at radius 2 is 2.03 bits per heavy atom. The van der Waals surface area contributed by atoms with E-state index in [2.05, 4.69) is 33.1 Å². The Bertz CT molecular complexity index is 968. The summed E-state index contributed by atoms with van der Waals surface area (Å²) in [6.07, 6.45) is 1.59. The van der Waals surface area contributed by atoms with Gasteiger partial charge in [-0.2, -0.15) is 5.10 Å². The second kappa shape index (κ2) is 12.6. The average Bonchev–Trinajstić information content (AvgIpc) is 2.75. The molecule has 2 aromatic carbocycles. The molecule has 1 fully saturated rings. The number of hydrogen-bond acceptors (Lipinski definition) is 6. The first-order valence-corrected chi connectivity index (χ1v) is 11.9. The van der Waals surface area contributed by atoms with E-state index in [4.69, 9.17) is 37.4 Å². The van der Waals surface area contributed by atoms with Crippen LogP contribution in [0.25, 0.3) is 0 Å². The number of amides is 1. The standard InChI is InChI=1S/C22H24Cl2IN3O4/c1-2-31-20-10-15(12-26-27-21(29)13-28-5-7-30-8-6-28)9-19(25)22(20)32-14-16-3-4-17(23)11-18(16)24/h3-4,9-12H,2,5-8,13-14H2,1H3,(H,27,29)/b26-12-. The van der Waals surface area contributed by atoms with Gasteiger partial charge in [-0.3, -0.25) is 9.69 Å². The molecule has 1 amide bonds. The summed E-state index contributed by atoms with van der Waals surface area (Å²) in [5.74, 6) is 1.04. The topological polar surface area (TPSA) is 72.4 Å². The summed E-state index contributed by atoms with van der Waals surface area (Å²) in [6.45, 7) is 5.73. The highest BCUT2D eigenvalue weighted by Crippen LogP contribution is 2.35. The van der Waals surface area contributed by atoms with Gasteiger partial charge in [0, 0.05) is 28.7 Å². The van der Waals surface area contributed by atoms with E-state index >= 15 is 0 Å². The van der Waals surface area contributed by atoms with Gasteiger partial charge in [0.2, 0.25) is 0 Å². The predicted octanol–water partition coefficient (Wildman–Crippen LogP) is 4.36. The molecule has 10 heteroatoms. The molecule has 7 nitrogen and oxygen atoms in total. The maximum absolute atomic E-state index is 12.1.